The Labute approximate surface area is 189 Å². The number of benzene rings is 2. The summed E-state index contributed by atoms with van der Waals surface area (Å²) >= 11 is 0. The molecule has 0 aromatic heterocycles. The predicted octanol–water partition coefficient (Wildman–Crippen LogP) is 4.43. The molecule has 0 radical (unpaired) electrons. The monoisotopic (exact) mass is 459 g/mol. The number of hydrogen-bond acceptors (Lipinski definition) is 6. The van der Waals surface area contributed by atoms with Crippen LogP contribution in [0.5, 0.6) is 11.5 Å². The maximum absolute atomic E-state index is 14.3. The van der Waals surface area contributed by atoms with Crippen molar-refractivity contribution in [2.24, 2.45) is 5.92 Å². The molecule has 1 aliphatic carbocycles. The lowest BCUT2D eigenvalue weighted by Crippen LogP contribution is -2.32. The first-order chi connectivity index (χ1) is 15.4. The van der Waals surface area contributed by atoms with E-state index in [4.69, 9.17) is 9.57 Å². The van der Waals surface area contributed by atoms with Crippen molar-refractivity contribution in [3.05, 3.63) is 66.1 Å². The van der Waals surface area contributed by atoms with Crippen molar-refractivity contribution in [2.45, 2.75) is 37.0 Å². The van der Waals surface area contributed by atoms with E-state index in [1.807, 2.05) is 13.0 Å². The minimum absolute atomic E-state index is 0.0136. The molecule has 6 nitrogen and oxygen atoms in total. The number of allylic oxidation sites excluding steroid dienone is 1. The molecule has 2 aromatic rings. The number of nitrogens with one attached hydrogen (secondary N) is 1. The summed E-state index contributed by atoms with van der Waals surface area (Å²) in [4.78, 5) is 30.6. The van der Waals surface area contributed by atoms with Crippen LogP contribution in [-0.2, 0) is 25.2 Å². The first-order valence-corrected chi connectivity index (χ1v) is 11.9. The molecule has 0 heterocycles. The summed E-state index contributed by atoms with van der Waals surface area (Å²) in [7, 11) is -1.29. The van der Waals surface area contributed by atoms with Crippen molar-refractivity contribution in [1.29, 1.82) is 0 Å². The van der Waals surface area contributed by atoms with Crippen LogP contribution < -0.4 is 10.2 Å². The van der Waals surface area contributed by atoms with Crippen molar-refractivity contribution < 1.29 is 27.8 Å². The molecule has 0 aliphatic heterocycles. The number of ketones is 2. The minimum Gasteiger partial charge on any atom is -0.454 e. The van der Waals surface area contributed by atoms with Gasteiger partial charge in [0.15, 0.2) is 11.6 Å². The Morgan fingerprint density at radius 3 is 2.56 bits per heavy atom. The third-order valence-electron chi connectivity index (χ3n) is 5.25. The van der Waals surface area contributed by atoms with Gasteiger partial charge in [0, 0.05) is 41.0 Å². The molecule has 170 valence electrons. The molecule has 1 atom stereocenters. The first kappa shape index (κ1) is 23.8. The lowest BCUT2D eigenvalue weighted by molar-refractivity contribution is -0.136. The van der Waals surface area contributed by atoms with Gasteiger partial charge in [0.05, 0.1) is 12.5 Å². The topological polar surface area (TPSA) is 81.7 Å². The summed E-state index contributed by atoms with van der Waals surface area (Å²) in [6.45, 7) is 2.35. The van der Waals surface area contributed by atoms with Gasteiger partial charge in [0.25, 0.3) is 0 Å². The normalized spacial score (nSPS) is 19.8. The van der Waals surface area contributed by atoms with Crippen molar-refractivity contribution in [2.75, 3.05) is 12.9 Å². The molecular formula is C24H26FNO5S. The number of ether oxygens (including phenoxy) is 1. The second kappa shape index (κ2) is 11.2. The van der Waals surface area contributed by atoms with Crippen molar-refractivity contribution in [3.8, 4) is 11.5 Å². The van der Waals surface area contributed by atoms with E-state index in [2.05, 4.69) is 5.48 Å². The third-order valence-corrected chi connectivity index (χ3v) is 6.17. The van der Waals surface area contributed by atoms with Crippen LogP contribution in [0, 0.1) is 11.7 Å². The Hall–Kier alpha value is -2.84. The van der Waals surface area contributed by atoms with Gasteiger partial charge in [-0.1, -0.05) is 18.2 Å². The first-order valence-electron chi connectivity index (χ1n) is 10.4. The number of rotatable bonds is 9. The largest absolute Gasteiger partial charge is 0.454 e. The quantitative estimate of drug-likeness (QED) is 0.339. The molecule has 0 amide bonds. The minimum atomic E-state index is -1.29. The summed E-state index contributed by atoms with van der Waals surface area (Å²) < 4.78 is 31.5. The SMILES string of the molecule is CCONC=CCC1C(=O)CC(c2cccc(Oc3ccc(S(C)=O)cc3F)c2)CC1=O. The molecule has 32 heavy (non-hydrogen) atoms. The molecule has 1 fully saturated rings. The number of Topliss-reactive ketones (excluding diaryl/α,β-unsaturated/α-hetero) is 2. The lowest BCUT2D eigenvalue weighted by Gasteiger charge is -2.26. The van der Waals surface area contributed by atoms with Crippen molar-refractivity contribution >= 4 is 22.4 Å². The second-order valence-electron chi connectivity index (χ2n) is 7.50. The summed E-state index contributed by atoms with van der Waals surface area (Å²) in [6.07, 6.45) is 5.64. The van der Waals surface area contributed by atoms with E-state index < -0.39 is 22.5 Å². The van der Waals surface area contributed by atoms with E-state index in [0.717, 1.165) is 5.56 Å². The Kier molecular flexibility index (Phi) is 8.30. The van der Waals surface area contributed by atoms with Crippen LogP contribution in [0.15, 0.2) is 59.6 Å². The number of carbonyl (C=O) groups is 2. The van der Waals surface area contributed by atoms with Gasteiger partial charge < -0.3 is 4.74 Å². The maximum atomic E-state index is 14.3. The molecule has 1 aliphatic rings. The van der Waals surface area contributed by atoms with Crippen LogP contribution in [-0.4, -0.2) is 28.6 Å². The van der Waals surface area contributed by atoms with Gasteiger partial charge in [0.1, 0.15) is 17.3 Å². The van der Waals surface area contributed by atoms with E-state index in [9.17, 15) is 18.2 Å². The molecule has 1 unspecified atom stereocenters. The number of hydroxylamine groups is 1. The van der Waals surface area contributed by atoms with Crippen molar-refractivity contribution in [1.82, 2.24) is 5.48 Å². The van der Waals surface area contributed by atoms with Crippen LogP contribution in [0.25, 0.3) is 0 Å². The average Bonchev–Trinajstić information content (AvgIpc) is 2.76. The van der Waals surface area contributed by atoms with Gasteiger partial charge in [-0.2, -0.15) is 0 Å². The molecule has 0 saturated heterocycles. The highest BCUT2D eigenvalue weighted by Gasteiger charge is 2.35. The van der Waals surface area contributed by atoms with E-state index >= 15 is 0 Å². The van der Waals surface area contributed by atoms with E-state index in [1.165, 1.54) is 18.4 Å². The maximum Gasteiger partial charge on any atom is 0.166 e. The van der Waals surface area contributed by atoms with Crippen LogP contribution in [0.4, 0.5) is 4.39 Å². The van der Waals surface area contributed by atoms with Crippen LogP contribution in [0.2, 0.25) is 0 Å². The Morgan fingerprint density at radius 1 is 1.16 bits per heavy atom. The fourth-order valence-corrected chi connectivity index (χ4v) is 4.14. The highest BCUT2D eigenvalue weighted by molar-refractivity contribution is 7.84. The molecule has 2 aromatic carbocycles. The van der Waals surface area contributed by atoms with Gasteiger partial charge in [-0.3, -0.25) is 24.1 Å². The summed E-state index contributed by atoms with van der Waals surface area (Å²) in [6, 6.07) is 11.2. The molecule has 1 N–H and O–H groups in total. The van der Waals surface area contributed by atoms with Gasteiger partial charge in [-0.15, -0.1) is 0 Å². The number of carbonyl (C=O) groups excluding carboxylic acids is 2. The fourth-order valence-electron chi connectivity index (χ4n) is 3.61. The average molecular weight is 460 g/mol. The van der Waals surface area contributed by atoms with Gasteiger partial charge in [0.2, 0.25) is 0 Å². The summed E-state index contributed by atoms with van der Waals surface area (Å²) in [5.41, 5.74) is 3.41. The van der Waals surface area contributed by atoms with Crippen LogP contribution in [0.3, 0.4) is 0 Å². The second-order valence-corrected chi connectivity index (χ2v) is 8.88. The number of hydrogen-bond donors (Lipinski definition) is 1. The third kappa shape index (κ3) is 6.11. The molecule has 1 saturated carbocycles. The summed E-state index contributed by atoms with van der Waals surface area (Å²) in [5, 5.41) is 0. The number of halogens is 1. The van der Waals surface area contributed by atoms with Crippen molar-refractivity contribution in [3.63, 3.8) is 0 Å². The predicted molar refractivity (Wildman–Crippen MR) is 119 cm³/mol. The van der Waals surface area contributed by atoms with Gasteiger partial charge >= 0.3 is 0 Å². The van der Waals surface area contributed by atoms with Crippen LogP contribution in [0.1, 0.15) is 37.7 Å². The fraction of sp³-hybridized carbons (Fsp3) is 0.333. The molecule has 8 heteroatoms. The Bertz CT molecular complexity index is 1020. The van der Waals surface area contributed by atoms with Gasteiger partial charge in [-0.05, 0) is 55.2 Å². The molecule has 0 spiro atoms. The van der Waals surface area contributed by atoms with Crippen LogP contribution >= 0.6 is 0 Å². The highest BCUT2D eigenvalue weighted by atomic mass is 32.2. The lowest BCUT2D eigenvalue weighted by atomic mass is 9.76. The molecular weight excluding hydrogens is 433 g/mol. The standard InChI is InChI=1S/C24H26FNO5S/c1-3-30-26-11-5-8-20-22(27)13-17(14-23(20)28)16-6-4-7-18(12-16)31-24-10-9-19(32(2)29)15-21(24)25/h4-7,9-12,15,17,20,26H,3,8,13-14H2,1-2H3. The van der Waals surface area contributed by atoms with E-state index in [1.54, 1.807) is 36.5 Å². The summed E-state index contributed by atoms with van der Waals surface area (Å²) in [5.74, 6) is -1.25. The highest BCUT2D eigenvalue weighted by Crippen LogP contribution is 2.35. The Morgan fingerprint density at radius 2 is 1.91 bits per heavy atom. The smallest absolute Gasteiger partial charge is 0.166 e. The van der Waals surface area contributed by atoms with Gasteiger partial charge in [-0.25, -0.2) is 4.39 Å². The zero-order valence-corrected chi connectivity index (χ0v) is 18.8. The van der Waals surface area contributed by atoms with E-state index in [-0.39, 0.29) is 36.1 Å². The molecule has 3 rings (SSSR count). The zero-order chi connectivity index (χ0) is 23.1. The zero-order valence-electron chi connectivity index (χ0n) is 18.0. The Balaban J connectivity index is 1.67. The van der Waals surface area contributed by atoms with E-state index in [0.29, 0.717) is 23.7 Å². The molecule has 0 bridgehead atoms.